The summed E-state index contributed by atoms with van der Waals surface area (Å²) in [6.07, 6.45) is 5.28. The minimum absolute atomic E-state index is 0.0153. The van der Waals surface area contributed by atoms with Crippen molar-refractivity contribution >= 4 is 23.7 Å². The summed E-state index contributed by atoms with van der Waals surface area (Å²) in [6, 6.07) is 16.6. The largest absolute Gasteiger partial charge is 0.465 e. The number of aromatic nitrogens is 3. The van der Waals surface area contributed by atoms with Crippen LogP contribution in [0.15, 0.2) is 54.7 Å². The molecule has 2 N–H and O–H groups in total. The Morgan fingerprint density at radius 2 is 1.97 bits per heavy atom. The van der Waals surface area contributed by atoms with Gasteiger partial charge in [-0.05, 0) is 49.8 Å². The predicted octanol–water partition coefficient (Wildman–Crippen LogP) is 4.96. The first-order valence-electron chi connectivity index (χ1n) is 12.0. The van der Waals surface area contributed by atoms with E-state index >= 15 is 0 Å². The smallest absolute Gasteiger partial charge is 0.407 e. The number of pyridine rings is 1. The Morgan fingerprint density at radius 3 is 2.76 bits per heavy atom. The molecule has 4 heterocycles. The summed E-state index contributed by atoms with van der Waals surface area (Å²) >= 11 is 0. The number of likely N-dealkylation sites (tertiary alicyclic amines) is 1. The highest BCUT2D eigenvalue weighted by Gasteiger charge is 2.31. The SMILES string of the molecule is CCC1CC(Nc2nccc(N3CCCc4ccc(-c5ccccc5)nc43)n2)CCN1C(=O)O. The summed E-state index contributed by atoms with van der Waals surface area (Å²) in [7, 11) is 0. The number of aryl methyl sites for hydroxylation is 1. The molecule has 0 saturated carbocycles. The first-order chi connectivity index (χ1) is 16.6. The van der Waals surface area contributed by atoms with Crippen molar-refractivity contribution in [1.82, 2.24) is 19.9 Å². The Kier molecular flexibility index (Phi) is 6.29. The lowest BCUT2D eigenvalue weighted by molar-refractivity contribution is 0.102. The molecule has 0 bridgehead atoms. The number of hydrogen-bond donors (Lipinski definition) is 2. The third-order valence-electron chi connectivity index (χ3n) is 6.79. The normalized spacial score (nSPS) is 20.0. The van der Waals surface area contributed by atoms with Crippen molar-refractivity contribution in [3.8, 4) is 11.3 Å². The summed E-state index contributed by atoms with van der Waals surface area (Å²) in [4.78, 5) is 29.5. The molecule has 8 nitrogen and oxygen atoms in total. The fourth-order valence-corrected chi connectivity index (χ4v) is 5.00. The standard InChI is InChI=1S/C26H30N6O2/c1-2-21-17-20(13-16-31(21)26(33)34)28-25-27-14-12-23(30-25)32-15-6-9-19-10-11-22(29-24(19)32)18-7-4-3-5-8-18/h3-5,7-8,10-12,14,20-21H,2,6,9,13,15-17H2,1H3,(H,33,34)(H,27,28,30). The monoisotopic (exact) mass is 458 g/mol. The van der Waals surface area contributed by atoms with E-state index in [9.17, 15) is 9.90 Å². The van der Waals surface area contributed by atoms with Crippen molar-refractivity contribution in [3.05, 3.63) is 60.3 Å². The fourth-order valence-electron chi connectivity index (χ4n) is 5.00. The van der Waals surface area contributed by atoms with Gasteiger partial charge in [0.2, 0.25) is 5.95 Å². The Morgan fingerprint density at radius 1 is 1.12 bits per heavy atom. The lowest BCUT2D eigenvalue weighted by Gasteiger charge is -2.37. The molecule has 2 atom stereocenters. The number of anilines is 3. The van der Waals surface area contributed by atoms with Crippen LogP contribution in [-0.4, -0.2) is 56.2 Å². The molecule has 1 fully saturated rings. The maximum absolute atomic E-state index is 11.5. The van der Waals surface area contributed by atoms with Gasteiger partial charge in [0.15, 0.2) is 0 Å². The number of carbonyl (C=O) groups is 1. The summed E-state index contributed by atoms with van der Waals surface area (Å²) in [5.41, 5.74) is 3.28. The van der Waals surface area contributed by atoms with E-state index in [0.29, 0.717) is 12.5 Å². The van der Waals surface area contributed by atoms with Crippen LogP contribution in [0.1, 0.15) is 38.2 Å². The summed E-state index contributed by atoms with van der Waals surface area (Å²) in [5, 5.41) is 12.9. The maximum atomic E-state index is 11.5. The zero-order valence-electron chi connectivity index (χ0n) is 19.4. The van der Waals surface area contributed by atoms with Gasteiger partial charge in [0.1, 0.15) is 11.6 Å². The van der Waals surface area contributed by atoms with Crippen LogP contribution in [0, 0.1) is 0 Å². The molecule has 2 aliphatic rings. The summed E-state index contributed by atoms with van der Waals surface area (Å²) < 4.78 is 0. The van der Waals surface area contributed by atoms with Crippen LogP contribution in [0.5, 0.6) is 0 Å². The van der Waals surface area contributed by atoms with E-state index in [0.717, 1.165) is 61.5 Å². The van der Waals surface area contributed by atoms with Crippen molar-refractivity contribution in [2.75, 3.05) is 23.3 Å². The van der Waals surface area contributed by atoms with Gasteiger partial charge in [-0.2, -0.15) is 4.98 Å². The van der Waals surface area contributed by atoms with E-state index in [1.54, 1.807) is 11.1 Å². The number of nitrogens with zero attached hydrogens (tertiary/aromatic N) is 5. The molecule has 2 aliphatic heterocycles. The molecule has 0 radical (unpaired) electrons. The molecule has 1 saturated heterocycles. The van der Waals surface area contributed by atoms with Gasteiger partial charge in [-0.15, -0.1) is 0 Å². The van der Waals surface area contributed by atoms with Crippen LogP contribution in [0.4, 0.5) is 22.4 Å². The van der Waals surface area contributed by atoms with E-state index in [2.05, 4.69) is 39.5 Å². The second-order valence-electron chi connectivity index (χ2n) is 8.94. The molecule has 2 unspecified atom stereocenters. The number of rotatable bonds is 5. The first kappa shape index (κ1) is 22.1. The van der Waals surface area contributed by atoms with Gasteiger partial charge in [0, 0.05) is 36.9 Å². The minimum Gasteiger partial charge on any atom is -0.465 e. The van der Waals surface area contributed by atoms with Crippen molar-refractivity contribution in [2.24, 2.45) is 0 Å². The molecule has 2 aromatic heterocycles. The Hall–Kier alpha value is -3.68. The number of carboxylic acid groups (broad SMARTS) is 1. The van der Waals surface area contributed by atoms with Gasteiger partial charge in [-0.25, -0.2) is 14.8 Å². The van der Waals surface area contributed by atoms with Crippen molar-refractivity contribution in [2.45, 2.75) is 51.1 Å². The Balaban J connectivity index is 1.37. The van der Waals surface area contributed by atoms with Gasteiger partial charge >= 0.3 is 6.09 Å². The molecule has 1 aromatic carbocycles. The lowest BCUT2D eigenvalue weighted by atomic mass is 9.96. The second-order valence-corrected chi connectivity index (χ2v) is 8.94. The summed E-state index contributed by atoms with van der Waals surface area (Å²) in [6.45, 7) is 3.41. The first-order valence-corrected chi connectivity index (χ1v) is 12.0. The van der Waals surface area contributed by atoms with Gasteiger partial charge in [-0.1, -0.05) is 43.3 Å². The number of hydrogen-bond acceptors (Lipinski definition) is 6. The van der Waals surface area contributed by atoms with Crippen LogP contribution in [0.3, 0.4) is 0 Å². The van der Waals surface area contributed by atoms with Gasteiger partial charge in [0.25, 0.3) is 0 Å². The average Bonchev–Trinajstić information content (AvgIpc) is 2.88. The average molecular weight is 459 g/mol. The fraction of sp³-hybridized carbons (Fsp3) is 0.385. The number of amides is 1. The lowest BCUT2D eigenvalue weighted by Crippen LogP contribution is -2.48. The second kappa shape index (κ2) is 9.67. The minimum atomic E-state index is -0.838. The molecular formula is C26H30N6O2. The van der Waals surface area contributed by atoms with Crippen molar-refractivity contribution in [1.29, 1.82) is 0 Å². The van der Waals surface area contributed by atoms with Crippen LogP contribution in [-0.2, 0) is 6.42 Å². The van der Waals surface area contributed by atoms with Gasteiger partial charge in [-0.3, -0.25) is 0 Å². The molecule has 34 heavy (non-hydrogen) atoms. The van der Waals surface area contributed by atoms with E-state index in [-0.39, 0.29) is 12.1 Å². The van der Waals surface area contributed by atoms with Gasteiger partial charge < -0.3 is 20.2 Å². The highest BCUT2D eigenvalue weighted by atomic mass is 16.4. The van der Waals surface area contributed by atoms with E-state index in [1.165, 1.54) is 5.56 Å². The number of piperidine rings is 1. The van der Waals surface area contributed by atoms with E-state index < -0.39 is 6.09 Å². The van der Waals surface area contributed by atoms with Crippen LogP contribution in [0.25, 0.3) is 11.3 Å². The molecule has 8 heteroatoms. The maximum Gasteiger partial charge on any atom is 0.407 e. The summed E-state index contributed by atoms with van der Waals surface area (Å²) in [5.74, 6) is 2.36. The molecular weight excluding hydrogens is 428 g/mol. The zero-order chi connectivity index (χ0) is 23.5. The van der Waals surface area contributed by atoms with Crippen molar-refractivity contribution < 1.29 is 9.90 Å². The number of nitrogens with one attached hydrogen (secondary N) is 1. The Bertz CT molecular complexity index is 1160. The quantitative estimate of drug-likeness (QED) is 0.558. The third-order valence-corrected chi connectivity index (χ3v) is 6.79. The van der Waals surface area contributed by atoms with E-state index in [4.69, 9.17) is 9.97 Å². The molecule has 3 aromatic rings. The highest BCUT2D eigenvalue weighted by Crippen LogP contribution is 2.33. The van der Waals surface area contributed by atoms with Crippen LogP contribution < -0.4 is 10.2 Å². The molecule has 0 spiro atoms. The van der Waals surface area contributed by atoms with E-state index in [1.807, 2.05) is 31.2 Å². The number of fused-ring (bicyclic) bond motifs is 1. The van der Waals surface area contributed by atoms with Crippen LogP contribution >= 0.6 is 0 Å². The topological polar surface area (TPSA) is 94.5 Å². The van der Waals surface area contributed by atoms with Crippen LogP contribution in [0.2, 0.25) is 0 Å². The molecule has 1 amide bonds. The number of benzene rings is 1. The molecule has 0 aliphatic carbocycles. The van der Waals surface area contributed by atoms with Crippen molar-refractivity contribution in [3.63, 3.8) is 0 Å². The molecule has 5 rings (SSSR count). The highest BCUT2D eigenvalue weighted by molar-refractivity contribution is 5.68. The third kappa shape index (κ3) is 4.53. The molecule has 176 valence electrons. The predicted molar refractivity (Wildman–Crippen MR) is 132 cm³/mol. The zero-order valence-corrected chi connectivity index (χ0v) is 19.4. The van der Waals surface area contributed by atoms with Gasteiger partial charge in [0.05, 0.1) is 5.69 Å². The Labute approximate surface area is 199 Å².